The standard InChI is InChI=1S/C13H20N2O/c1-3-14-6-7-15-8-9-16-13-5-4-11(2)10-12(13)15/h4-5,10,14H,3,6-9H2,1-2H3. The Morgan fingerprint density at radius 1 is 1.44 bits per heavy atom. The number of aryl methyl sites for hydroxylation is 1. The summed E-state index contributed by atoms with van der Waals surface area (Å²) < 4.78 is 5.65. The highest BCUT2D eigenvalue weighted by atomic mass is 16.5. The van der Waals surface area contributed by atoms with Crippen molar-refractivity contribution in [3.63, 3.8) is 0 Å². The van der Waals surface area contributed by atoms with Crippen molar-refractivity contribution < 1.29 is 4.74 Å². The molecule has 1 heterocycles. The maximum Gasteiger partial charge on any atom is 0.142 e. The number of nitrogens with zero attached hydrogens (tertiary/aromatic N) is 1. The third kappa shape index (κ3) is 2.47. The fraction of sp³-hybridized carbons (Fsp3) is 0.538. The van der Waals surface area contributed by atoms with Gasteiger partial charge in [-0.1, -0.05) is 13.0 Å². The molecule has 88 valence electrons. The molecule has 0 unspecified atom stereocenters. The van der Waals surface area contributed by atoms with Crippen LogP contribution < -0.4 is 15.0 Å². The Labute approximate surface area is 97.4 Å². The van der Waals surface area contributed by atoms with Crippen LogP contribution >= 0.6 is 0 Å². The van der Waals surface area contributed by atoms with Crippen LogP contribution in [0.4, 0.5) is 5.69 Å². The minimum atomic E-state index is 0.794. The molecular formula is C13H20N2O. The second kappa shape index (κ2) is 5.21. The summed E-state index contributed by atoms with van der Waals surface area (Å²) in [7, 11) is 0. The molecule has 0 saturated carbocycles. The number of rotatable bonds is 4. The lowest BCUT2D eigenvalue weighted by Gasteiger charge is -2.31. The summed E-state index contributed by atoms with van der Waals surface area (Å²) in [5.41, 5.74) is 2.53. The number of hydrogen-bond donors (Lipinski definition) is 1. The molecule has 0 bridgehead atoms. The van der Waals surface area contributed by atoms with Crippen LogP contribution in [-0.4, -0.2) is 32.8 Å². The summed E-state index contributed by atoms with van der Waals surface area (Å²) >= 11 is 0. The molecule has 2 rings (SSSR count). The highest BCUT2D eigenvalue weighted by Crippen LogP contribution is 2.31. The molecule has 3 nitrogen and oxygen atoms in total. The largest absolute Gasteiger partial charge is 0.490 e. The first-order chi connectivity index (χ1) is 7.81. The topological polar surface area (TPSA) is 24.5 Å². The van der Waals surface area contributed by atoms with Gasteiger partial charge in [0.25, 0.3) is 0 Å². The Kier molecular flexibility index (Phi) is 3.67. The van der Waals surface area contributed by atoms with E-state index in [0.29, 0.717) is 0 Å². The molecule has 0 radical (unpaired) electrons. The lowest BCUT2D eigenvalue weighted by Crippen LogP contribution is -2.37. The van der Waals surface area contributed by atoms with E-state index in [1.54, 1.807) is 0 Å². The summed E-state index contributed by atoms with van der Waals surface area (Å²) in [4.78, 5) is 2.40. The smallest absolute Gasteiger partial charge is 0.142 e. The van der Waals surface area contributed by atoms with Crippen molar-refractivity contribution in [3.05, 3.63) is 23.8 Å². The van der Waals surface area contributed by atoms with Crippen LogP contribution in [0.2, 0.25) is 0 Å². The Bertz CT molecular complexity index is 352. The average molecular weight is 220 g/mol. The molecule has 0 aromatic heterocycles. The number of benzene rings is 1. The van der Waals surface area contributed by atoms with Gasteiger partial charge in [0.15, 0.2) is 0 Å². The lowest BCUT2D eigenvalue weighted by molar-refractivity contribution is 0.307. The van der Waals surface area contributed by atoms with Crippen LogP contribution in [0.25, 0.3) is 0 Å². The number of anilines is 1. The summed E-state index contributed by atoms with van der Waals surface area (Å²) in [5, 5.41) is 3.36. The van der Waals surface area contributed by atoms with Gasteiger partial charge in [-0.3, -0.25) is 0 Å². The van der Waals surface area contributed by atoms with Crippen LogP contribution in [0.5, 0.6) is 5.75 Å². The van der Waals surface area contributed by atoms with E-state index in [0.717, 1.165) is 38.5 Å². The molecule has 16 heavy (non-hydrogen) atoms. The Balaban J connectivity index is 2.09. The zero-order valence-electron chi connectivity index (χ0n) is 10.1. The van der Waals surface area contributed by atoms with Gasteiger partial charge in [-0.2, -0.15) is 0 Å². The molecule has 0 amide bonds. The average Bonchev–Trinajstić information content (AvgIpc) is 2.30. The van der Waals surface area contributed by atoms with Crippen LogP contribution in [-0.2, 0) is 0 Å². The summed E-state index contributed by atoms with van der Waals surface area (Å²) in [6.07, 6.45) is 0. The second-order valence-electron chi connectivity index (χ2n) is 4.16. The lowest BCUT2D eigenvalue weighted by atomic mass is 10.1. The summed E-state index contributed by atoms with van der Waals surface area (Å²) in [6, 6.07) is 6.39. The molecule has 0 spiro atoms. The van der Waals surface area contributed by atoms with Gasteiger partial charge in [0.05, 0.1) is 12.2 Å². The SMILES string of the molecule is CCNCCN1CCOc2ccc(C)cc21. The predicted octanol–water partition coefficient (Wildman–Crippen LogP) is 1.80. The number of nitrogens with one attached hydrogen (secondary N) is 1. The molecule has 1 aromatic carbocycles. The maximum absolute atomic E-state index is 5.65. The highest BCUT2D eigenvalue weighted by molar-refractivity contribution is 5.61. The highest BCUT2D eigenvalue weighted by Gasteiger charge is 2.17. The van der Waals surface area contributed by atoms with E-state index >= 15 is 0 Å². The van der Waals surface area contributed by atoms with Crippen molar-refractivity contribution in [1.82, 2.24) is 5.32 Å². The first-order valence-electron chi connectivity index (χ1n) is 6.00. The van der Waals surface area contributed by atoms with Crippen molar-refractivity contribution in [2.75, 3.05) is 37.7 Å². The first-order valence-corrected chi connectivity index (χ1v) is 6.00. The number of likely N-dealkylation sites (N-methyl/N-ethyl adjacent to an activating group) is 1. The Morgan fingerprint density at radius 3 is 3.12 bits per heavy atom. The van der Waals surface area contributed by atoms with E-state index in [1.807, 2.05) is 0 Å². The van der Waals surface area contributed by atoms with E-state index in [9.17, 15) is 0 Å². The van der Waals surface area contributed by atoms with E-state index < -0.39 is 0 Å². The molecule has 0 aliphatic carbocycles. The summed E-state index contributed by atoms with van der Waals surface area (Å²) in [5.74, 6) is 1.02. The third-order valence-corrected chi connectivity index (χ3v) is 2.88. The Morgan fingerprint density at radius 2 is 2.31 bits per heavy atom. The van der Waals surface area contributed by atoms with Gasteiger partial charge in [0.1, 0.15) is 12.4 Å². The van der Waals surface area contributed by atoms with Crippen molar-refractivity contribution in [2.24, 2.45) is 0 Å². The third-order valence-electron chi connectivity index (χ3n) is 2.88. The van der Waals surface area contributed by atoms with E-state index in [4.69, 9.17) is 4.74 Å². The summed E-state index contributed by atoms with van der Waals surface area (Å²) in [6.45, 7) is 9.15. The molecule has 0 saturated heterocycles. The quantitative estimate of drug-likeness (QED) is 0.783. The van der Waals surface area contributed by atoms with Gasteiger partial charge in [-0.05, 0) is 31.2 Å². The first kappa shape index (κ1) is 11.3. The molecule has 1 aliphatic rings. The molecule has 1 N–H and O–H groups in total. The zero-order chi connectivity index (χ0) is 11.4. The Hall–Kier alpha value is -1.22. The number of hydrogen-bond acceptors (Lipinski definition) is 3. The number of fused-ring (bicyclic) bond motifs is 1. The maximum atomic E-state index is 5.65. The van der Waals surface area contributed by atoms with Gasteiger partial charge in [-0.15, -0.1) is 0 Å². The fourth-order valence-corrected chi connectivity index (χ4v) is 2.01. The van der Waals surface area contributed by atoms with Crippen LogP contribution in [0.1, 0.15) is 12.5 Å². The molecular weight excluding hydrogens is 200 g/mol. The van der Waals surface area contributed by atoms with Crippen molar-refractivity contribution in [2.45, 2.75) is 13.8 Å². The number of ether oxygens (including phenoxy) is 1. The fourth-order valence-electron chi connectivity index (χ4n) is 2.01. The van der Waals surface area contributed by atoms with Gasteiger partial charge >= 0.3 is 0 Å². The monoisotopic (exact) mass is 220 g/mol. The van der Waals surface area contributed by atoms with E-state index in [1.165, 1.54) is 11.3 Å². The molecule has 0 fully saturated rings. The van der Waals surface area contributed by atoms with Gasteiger partial charge in [-0.25, -0.2) is 0 Å². The van der Waals surface area contributed by atoms with Crippen molar-refractivity contribution in [3.8, 4) is 5.75 Å². The minimum Gasteiger partial charge on any atom is -0.490 e. The van der Waals surface area contributed by atoms with Gasteiger partial charge in [0.2, 0.25) is 0 Å². The minimum absolute atomic E-state index is 0.794. The van der Waals surface area contributed by atoms with Crippen LogP contribution in [0.15, 0.2) is 18.2 Å². The van der Waals surface area contributed by atoms with E-state index in [-0.39, 0.29) is 0 Å². The molecule has 0 atom stereocenters. The van der Waals surface area contributed by atoms with E-state index in [2.05, 4.69) is 42.3 Å². The van der Waals surface area contributed by atoms with Crippen molar-refractivity contribution >= 4 is 5.69 Å². The van der Waals surface area contributed by atoms with Crippen molar-refractivity contribution in [1.29, 1.82) is 0 Å². The van der Waals surface area contributed by atoms with Gasteiger partial charge < -0.3 is 15.0 Å². The zero-order valence-corrected chi connectivity index (χ0v) is 10.1. The van der Waals surface area contributed by atoms with Crippen LogP contribution in [0.3, 0.4) is 0 Å². The predicted molar refractivity (Wildman–Crippen MR) is 67.4 cm³/mol. The molecule has 3 heteroatoms. The normalized spacial score (nSPS) is 14.5. The van der Waals surface area contributed by atoms with Gasteiger partial charge in [0, 0.05) is 13.1 Å². The second-order valence-corrected chi connectivity index (χ2v) is 4.16. The molecule has 1 aromatic rings. The molecule has 1 aliphatic heterocycles. The van der Waals surface area contributed by atoms with Crippen LogP contribution in [0, 0.1) is 6.92 Å².